The number of amides is 2. The predicted molar refractivity (Wildman–Crippen MR) is 304 cm³/mol. The molecule has 410 valence electrons. The maximum Gasteiger partial charge on any atom is 1.00 e. The first-order valence-corrected chi connectivity index (χ1v) is 30.0. The second-order valence-electron chi connectivity index (χ2n) is 20.6. The van der Waals surface area contributed by atoms with Gasteiger partial charge in [-0.15, -0.1) is 29.5 Å². The Bertz CT molecular complexity index is 3940. The zero-order chi connectivity index (χ0) is 56.7. The van der Waals surface area contributed by atoms with E-state index < -0.39 is 47.4 Å². The van der Waals surface area contributed by atoms with E-state index in [0.29, 0.717) is 44.3 Å². The zero-order valence-corrected chi connectivity index (χ0v) is 52.8. The molecular formula is C61H60N4Na2O11S3. The Balaban J connectivity index is 0.00000170. The van der Waals surface area contributed by atoms with Crippen LogP contribution in [-0.4, -0.2) is 86.1 Å². The number of nitrogens with one attached hydrogen (secondary N) is 1. The topological polar surface area (TPSA) is 221 Å². The molecule has 6 aromatic carbocycles. The summed E-state index contributed by atoms with van der Waals surface area (Å²) in [5.41, 5.74) is 8.70. The summed E-state index contributed by atoms with van der Waals surface area (Å²) in [6.07, 6.45) is 13.6. The standard InChI is InChI=1S/C61H62N4O8S2.2Na.O3S/c1-60(2)54(64(39-17-18-40-74(68,69)70)52-34-30-44-20-12-14-23-49(44)58(52)60)25-7-5-8-26-55-61(3,4)59-50-33-32-48(75(71,72)73)41-46(50)31-35-53(59)63(55)38-16-6-9-27-56(66)62-37-36-57(67)65-42-47-22-11-10-19-43(47)28-29-45-21-13-15-24-51(45)65;;;1-4(2)3/h5,7-8,10-11,13-15,19-26,30-35,41H,6,9,16-18,27,36-40,42H2,1-4H3,(H,62,66)(H,68,69,70)(H,71,72,73);;;/q;2*+1;/p-2. The summed E-state index contributed by atoms with van der Waals surface area (Å²) in [7, 11) is -12.1. The van der Waals surface area contributed by atoms with Crippen molar-refractivity contribution in [3.63, 3.8) is 0 Å². The second kappa shape index (κ2) is 27.7. The molecule has 0 atom stereocenters. The normalized spacial score (nSPS) is 15.3. The fraction of sp³-hybridized carbons (Fsp3) is 0.295. The van der Waals surface area contributed by atoms with Gasteiger partial charge in [0.2, 0.25) is 17.5 Å². The van der Waals surface area contributed by atoms with Gasteiger partial charge in [-0.1, -0.05) is 92.8 Å². The number of allylic oxidation sites excluding steroid dienone is 6. The Kier molecular flexibility index (Phi) is 22.1. The third kappa shape index (κ3) is 15.4. The van der Waals surface area contributed by atoms with Crippen LogP contribution in [0, 0.1) is 17.9 Å². The van der Waals surface area contributed by atoms with Crippen molar-refractivity contribution < 1.29 is 112 Å². The largest absolute Gasteiger partial charge is 1.00 e. The first-order chi connectivity index (χ1) is 37.6. The van der Waals surface area contributed by atoms with E-state index in [-0.39, 0.29) is 95.2 Å². The molecule has 9 rings (SSSR count). The molecular weight excluding hydrogens is 1110 g/mol. The molecule has 1 N–H and O–H groups in total. The molecule has 0 unspecified atom stereocenters. The Labute approximate surface area is 520 Å². The molecule has 0 bridgehead atoms. The quantitative estimate of drug-likeness (QED) is 0.0250. The van der Waals surface area contributed by atoms with Gasteiger partial charge < -0.3 is 24.2 Å². The van der Waals surface area contributed by atoms with E-state index in [1.54, 1.807) is 11.0 Å². The summed E-state index contributed by atoms with van der Waals surface area (Å²) in [6, 6.07) is 37.1. The third-order valence-corrected chi connectivity index (χ3v) is 16.3. The first kappa shape index (κ1) is 64.6. The van der Waals surface area contributed by atoms with Crippen molar-refractivity contribution >= 4 is 87.0 Å². The number of carbonyl (C=O) groups excluding carboxylic acids is 2. The minimum atomic E-state index is -4.66. The molecule has 0 saturated heterocycles. The molecule has 2 amide bonds. The Morgan fingerprint density at radius 3 is 2.17 bits per heavy atom. The fourth-order valence-electron chi connectivity index (χ4n) is 11.1. The van der Waals surface area contributed by atoms with Gasteiger partial charge in [0.15, 0.2) is 5.71 Å². The molecule has 0 fully saturated rings. The Morgan fingerprint density at radius 1 is 0.741 bits per heavy atom. The van der Waals surface area contributed by atoms with E-state index in [4.69, 9.17) is 12.6 Å². The van der Waals surface area contributed by atoms with Gasteiger partial charge >= 0.3 is 69.7 Å². The molecule has 81 heavy (non-hydrogen) atoms. The SMILES string of the molecule is CC1(C)C(=CC=CC=CC2=[N+](CCCCS(=O)(=O)[O-])c3ccc4c[c-]ccc4c3C2(C)C)N(CCCCCC(=O)NCCC(=O)N2Cc3ccccc3C#Cc3ccccc32)c2ccc3cc(S(=O)(=O)[O-])ccc3c21.O=S(=O)=O.[Na+].[Na+]. The second-order valence-corrected chi connectivity index (χ2v) is 23.9. The van der Waals surface area contributed by atoms with Crippen LogP contribution in [0.4, 0.5) is 17.1 Å². The number of benzene rings is 6. The number of para-hydroxylation sites is 1. The van der Waals surface area contributed by atoms with E-state index in [9.17, 15) is 35.5 Å². The average Bonchev–Trinajstić information content (AvgIpc) is 4.03. The van der Waals surface area contributed by atoms with Crippen LogP contribution in [-0.2, 0) is 57.8 Å². The zero-order valence-electron chi connectivity index (χ0n) is 46.3. The molecule has 20 heteroatoms. The number of anilines is 2. The molecule has 15 nitrogen and oxygen atoms in total. The van der Waals surface area contributed by atoms with Crippen molar-refractivity contribution in [2.45, 2.75) is 94.9 Å². The number of carbonyl (C=O) groups is 2. The number of hydrogen-bond acceptors (Lipinski definition) is 12. The van der Waals surface area contributed by atoms with Crippen molar-refractivity contribution in [1.82, 2.24) is 5.32 Å². The van der Waals surface area contributed by atoms with Gasteiger partial charge in [0.05, 0.1) is 32.7 Å². The Morgan fingerprint density at radius 2 is 1.43 bits per heavy atom. The predicted octanol–water partition coefficient (Wildman–Crippen LogP) is 3.21. The number of rotatable bonds is 18. The summed E-state index contributed by atoms with van der Waals surface area (Å²) >= 11 is 0. The number of hydrogen-bond donors (Lipinski definition) is 1. The molecule has 0 spiro atoms. The molecule has 0 saturated carbocycles. The summed E-state index contributed by atoms with van der Waals surface area (Å²) < 4.78 is 98.0. The maximum absolute atomic E-state index is 13.7. The van der Waals surface area contributed by atoms with Gasteiger partial charge in [-0.3, -0.25) is 9.59 Å². The molecule has 3 heterocycles. The molecule has 0 aromatic heterocycles. The van der Waals surface area contributed by atoms with Crippen LogP contribution < -0.4 is 74.2 Å². The van der Waals surface area contributed by atoms with E-state index in [0.717, 1.165) is 79.7 Å². The number of nitrogens with zero attached hydrogens (tertiary/aromatic N) is 3. The van der Waals surface area contributed by atoms with E-state index in [2.05, 4.69) is 90.7 Å². The fourth-order valence-corrected chi connectivity index (χ4v) is 12.1. The van der Waals surface area contributed by atoms with Crippen LogP contribution in [0.1, 0.15) is 100 Å². The average molecular weight is 1170 g/mol. The van der Waals surface area contributed by atoms with Crippen molar-refractivity contribution in [2.75, 3.05) is 35.2 Å². The van der Waals surface area contributed by atoms with E-state index in [1.807, 2.05) is 91.0 Å². The minimum Gasteiger partial charge on any atom is -0.748 e. The summed E-state index contributed by atoms with van der Waals surface area (Å²) in [5, 5.41) is 6.66. The van der Waals surface area contributed by atoms with Crippen molar-refractivity contribution in [1.29, 1.82) is 0 Å². The minimum absolute atomic E-state index is 0. The first-order valence-electron chi connectivity index (χ1n) is 26.0. The van der Waals surface area contributed by atoms with Crippen LogP contribution in [0.25, 0.3) is 21.5 Å². The summed E-state index contributed by atoms with van der Waals surface area (Å²) in [5.74, 6) is 5.85. The van der Waals surface area contributed by atoms with Crippen LogP contribution in [0.15, 0.2) is 150 Å². The van der Waals surface area contributed by atoms with Gasteiger partial charge in [0, 0.05) is 77.7 Å². The van der Waals surface area contributed by atoms with Crippen molar-refractivity contribution in [2.24, 2.45) is 0 Å². The molecule has 0 radical (unpaired) electrons. The summed E-state index contributed by atoms with van der Waals surface area (Å²) in [4.78, 5) is 30.6. The molecule has 6 aromatic rings. The van der Waals surface area contributed by atoms with E-state index >= 15 is 0 Å². The molecule has 3 aliphatic heterocycles. The molecule has 0 aliphatic carbocycles. The van der Waals surface area contributed by atoms with Crippen molar-refractivity contribution in [3.8, 4) is 11.8 Å². The third-order valence-electron chi connectivity index (χ3n) is 14.7. The van der Waals surface area contributed by atoms with Gasteiger partial charge in [-0.25, -0.2) is 16.8 Å². The summed E-state index contributed by atoms with van der Waals surface area (Å²) in [6.45, 7) is 10.4. The maximum atomic E-state index is 13.7. The van der Waals surface area contributed by atoms with Crippen molar-refractivity contribution in [3.05, 3.63) is 179 Å². The van der Waals surface area contributed by atoms with Crippen LogP contribution in [0.5, 0.6) is 0 Å². The number of fused-ring (bicyclic) bond motifs is 8. The van der Waals surface area contributed by atoms with Gasteiger partial charge in [0.25, 0.3) is 0 Å². The Hall–Kier alpha value is -5.53. The van der Waals surface area contributed by atoms with Gasteiger partial charge in [-0.2, -0.15) is 28.8 Å². The van der Waals surface area contributed by atoms with Crippen LogP contribution >= 0.6 is 0 Å². The smallest absolute Gasteiger partial charge is 0.748 e. The van der Waals surface area contributed by atoms with E-state index in [1.165, 1.54) is 17.7 Å². The van der Waals surface area contributed by atoms with Gasteiger partial charge in [0.1, 0.15) is 16.7 Å². The monoisotopic (exact) mass is 1170 g/mol. The molecule has 3 aliphatic rings. The van der Waals surface area contributed by atoms with Crippen LogP contribution in [0.2, 0.25) is 0 Å². The number of unbranched alkanes of at least 4 members (excludes halogenated alkanes) is 3. The van der Waals surface area contributed by atoms with Gasteiger partial charge in [-0.05, 0) is 104 Å². The van der Waals surface area contributed by atoms with Crippen LogP contribution in [0.3, 0.4) is 0 Å².